The summed E-state index contributed by atoms with van der Waals surface area (Å²) in [5.41, 5.74) is 7.71. The summed E-state index contributed by atoms with van der Waals surface area (Å²) in [7, 11) is 0. The Labute approximate surface area is 109 Å². The Kier molecular flexibility index (Phi) is 3.58. The smallest absolute Gasteiger partial charge is 0.101 e. The van der Waals surface area contributed by atoms with Crippen LogP contribution in [0.25, 0.3) is 0 Å². The fourth-order valence-corrected chi connectivity index (χ4v) is 3.00. The largest absolute Gasteiger partial charge is 0.365 e. The van der Waals surface area contributed by atoms with Crippen LogP contribution < -0.4 is 10.6 Å². The summed E-state index contributed by atoms with van der Waals surface area (Å²) in [6.07, 6.45) is 2.32. The fourth-order valence-electron chi connectivity index (χ4n) is 3.00. The van der Waals surface area contributed by atoms with Gasteiger partial charge in [-0.25, -0.2) is 0 Å². The molecule has 1 aromatic carbocycles. The summed E-state index contributed by atoms with van der Waals surface area (Å²) in [4.78, 5) is 2.35. The van der Waals surface area contributed by atoms with Crippen LogP contribution in [0.15, 0.2) is 24.3 Å². The highest BCUT2D eigenvalue weighted by molar-refractivity contribution is 5.61. The molecule has 2 N–H and O–H groups in total. The van der Waals surface area contributed by atoms with Gasteiger partial charge in [-0.05, 0) is 51.3 Å². The monoisotopic (exact) mass is 243 g/mol. The van der Waals surface area contributed by atoms with E-state index in [0.29, 0.717) is 12.5 Å². The van der Waals surface area contributed by atoms with E-state index in [2.05, 4.69) is 24.8 Å². The third-order valence-corrected chi connectivity index (χ3v) is 4.23. The molecule has 0 amide bonds. The van der Waals surface area contributed by atoms with Gasteiger partial charge in [-0.1, -0.05) is 12.1 Å². The lowest BCUT2D eigenvalue weighted by atomic mass is 9.78. The molecule has 96 valence electrons. The third kappa shape index (κ3) is 2.09. The first-order valence-electron chi connectivity index (χ1n) is 6.58. The van der Waals surface area contributed by atoms with Gasteiger partial charge in [-0.3, -0.25) is 0 Å². The van der Waals surface area contributed by atoms with Crippen LogP contribution in [-0.4, -0.2) is 18.6 Å². The van der Waals surface area contributed by atoms with Crippen LogP contribution >= 0.6 is 0 Å². The van der Waals surface area contributed by atoms with Gasteiger partial charge in [0, 0.05) is 12.1 Å². The average molecular weight is 243 g/mol. The summed E-state index contributed by atoms with van der Waals surface area (Å²) in [6, 6.07) is 10.1. The number of anilines is 1. The molecule has 18 heavy (non-hydrogen) atoms. The SMILES string of the molecule is CC1(C)C(CN)CCCN1c1ccccc1C#N. The zero-order chi connectivity index (χ0) is 13.2. The fraction of sp³-hybridized carbons (Fsp3) is 0.533. The lowest BCUT2D eigenvalue weighted by molar-refractivity contribution is 0.244. The van der Waals surface area contributed by atoms with Crippen LogP contribution in [-0.2, 0) is 0 Å². The van der Waals surface area contributed by atoms with Crippen LogP contribution in [0, 0.1) is 17.2 Å². The quantitative estimate of drug-likeness (QED) is 0.868. The molecule has 1 saturated heterocycles. The van der Waals surface area contributed by atoms with E-state index < -0.39 is 0 Å². The van der Waals surface area contributed by atoms with Crippen molar-refractivity contribution in [2.24, 2.45) is 11.7 Å². The molecule has 1 aliphatic rings. The normalized spacial score (nSPS) is 22.6. The number of nitrogens with zero attached hydrogens (tertiary/aromatic N) is 2. The Bertz CT molecular complexity index is 459. The van der Waals surface area contributed by atoms with Gasteiger partial charge in [0.2, 0.25) is 0 Å². The molecule has 0 radical (unpaired) electrons. The summed E-state index contributed by atoms with van der Waals surface area (Å²) >= 11 is 0. The molecule has 0 spiro atoms. The van der Waals surface area contributed by atoms with Crippen molar-refractivity contribution in [3.63, 3.8) is 0 Å². The van der Waals surface area contributed by atoms with Crippen molar-refractivity contribution in [1.82, 2.24) is 0 Å². The number of para-hydroxylation sites is 1. The molecule has 2 rings (SSSR count). The summed E-state index contributed by atoms with van der Waals surface area (Å²) in [6.45, 7) is 6.18. The van der Waals surface area contributed by atoms with Gasteiger partial charge < -0.3 is 10.6 Å². The van der Waals surface area contributed by atoms with Crippen molar-refractivity contribution in [3.8, 4) is 6.07 Å². The minimum absolute atomic E-state index is 0.0138. The van der Waals surface area contributed by atoms with Gasteiger partial charge >= 0.3 is 0 Å². The molecule has 3 nitrogen and oxygen atoms in total. The topological polar surface area (TPSA) is 53.0 Å². The van der Waals surface area contributed by atoms with Crippen molar-refractivity contribution in [2.75, 3.05) is 18.0 Å². The number of hydrogen-bond donors (Lipinski definition) is 1. The molecular weight excluding hydrogens is 222 g/mol. The second-order valence-corrected chi connectivity index (χ2v) is 5.51. The van der Waals surface area contributed by atoms with Crippen LogP contribution in [0.5, 0.6) is 0 Å². The number of rotatable bonds is 2. The minimum Gasteiger partial charge on any atom is -0.365 e. The molecule has 1 atom stereocenters. The van der Waals surface area contributed by atoms with Crippen molar-refractivity contribution in [3.05, 3.63) is 29.8 Å². The van der Waals surface area contributed by atoms with Gasteiger partial charge in [-0.2, -0.15) is 5.26 Å². The molecule has 1 heterocycles. The predicted octanol–water partition coefficient (Wildman–Crippen LogP) is 2.51. The van der Waals surface area contributed by atoms with Crippen molar-refractivity contribution in [2.45, 2.75) is 32.2 Å². The molecule has 0 bridgehead atoms. The number of benzene rings is 1. The zero-order valence-corrected chi connectivity index (χ0v) is 11.2. The molecule has 3 heteroatoms. The lowest BCUT2D eigenvalue weighted by Gasteiger charge is -2.49. The van der Waals surface area contributed by atoms with E-state index in [0.717, 1.165) is 24.2 Å². The standard InChI is InChI=1S/C15H21N3/c1-15(2)13(11-17)7-5-9-18(15)14-8-4-3-6-12(14)10-16/h3-4,6,8,13H,5,7,9,11,17H2,1-2H3. The molecule has 1 fully saturated rings. The molecular formula is C15H21N3. The number of piperidine rings is 1. The second-order valence-electron chi connectivity index (χ2n) is 5.51. The first-order chi connectivity index (χ1) is 8.61. The van der Waals surface area contributed by atoms with Gasteiger partial charge in [0.1, 0.15) is 6.07 Å². The maximum absolute atomic E-state index is 9.24. The van der Waals surface area contributed by atoms with E-state index in [1.165, 1.54) is 6.42 Å². The summed E-state index contributed by atoms with van der Waals surface area (Å²) < 4.78 is 0. The lowest BCUT2D eigenvalue weighted by Crippen LogP contribution is -2.55. The molecule has 0 aliphatic carbocycles. The number of nitriles is 1. The van der Waals surface area contributed by atoms with Crippen molar-refractivity contribution in [1.29, 1.82) is 5.26 Å². The Morgan fingerprint density at radius 2 is 2.17 bits per heavy atom. The number of nitrogens with two attached hydrogens (primary N) is 1. The highest BCUT2D eigenvalue weighted by Gasteiger charge is 2.38. The first-order valence-corrected chi connectivity index (χ1v) is 6.58. The Morgan fingerprint density at radius 1 is 1.44 bits per heavy atom. The summed E-state index contributed by atoms with van der Waals surface area (Å²) in [5.74, 6) is 0.484. The zero-order valence-electron chi connectivity index (χ0n) is 11.2. The average Bonchev–Trinajstić information content (AvgIpc) is 2.38. The minimum atomic E-state index is 0.0138. The van der Waals surface area contributed by atoms with Gasteiger partial charge in [0.05, 0.1) is 11.3 Å². The van der Waals surface area contributed by atoms with E-state index >= 15 is 0 Å². The van der Waals surface area contributed by atoms with E-state index in [1.807, 2.05) is 24.3 Å². The van der Waals surface area contributed by atoms with E-state index in [4.69, 9.17) is 5.73 Å². The van der Waals surface area contributed by atoms with Gasteiger partial charge in [0.25, 0.3) is 0 Å². The van der Waals surface area contributed by atoms with Crippen LogP contribution in [0.4, 0.5) is 5.69 Å². The summed E-state index contributed by atoms with van der Waals surface area (Å²) in [5, 5.41) is 9.24. The van der Waals surface area contributed by atoms with E-state index in [9.17, 15) is 5.26 Å². The molecule has 0 saturated carbocycles. The Morgan fingerprint density at radius 3 is 2.83 bits per heavy atom. The van der Waals surface area contributed by atoms with E-state index in [-0.39, 0.29) is 5.54 Å². The van der Waals surface area contributed by atoms with E-state index in [1.54, 1.807) is 0 Å². The van der Waals surface area contributed by atoms with Crippen LogP contribution in [0.1, 0.15) is 32.3 Å². The highest BCUT2D eigenvalue weighted by Crippen LogP contribution is 2.37. The highest BCUT2D eigenvalue weighted by atomic mass is 15.2. The molecule has 1 aromatic rings. The molecule has 1 aliphatic heterocycles. The number of hydrogen-bond acceptors (Lipinski definition) is 3. The molecule has 0 aromatic heterocycles. The second kappa shape index (κ2) is 4.99. The predicted molar refractivity (Wildman–Crippen MR) is 74.4 cm³/mol. The van der Waals surface area contributed by atoms with Gasteiger partial charge in [0.15, 0.2) is 0 Å². The first kappa shape index (κ1) is 12.9. The van der Waals surface area contributed by atoms with Crippen molar-refractivity contribution >= 4 is 5.69 Å². The molecule has 1 unspecified atom stereocenters. The van der Waals surface area contributed by atoms with Crippen LogP contribution in [0.2, 0.25) is 0 Å². The Balaban J connectivity index is 2.40. The van der Waals surface area contributed by atoms with Crippen LogP contribution in [0.3, 0.4) is 0 Å². The maximum Gasteiger partial charge on any atom is 0.101 e. The maximum atomic E-state index is 9.24. The Hall–Kier alpha value is -1.53. The van der Waals surface area contributed by atoms with Gasteiger partial charge in [-0.15, -0.1) is 0 Å². The third-order valence-electron chi connectivity index (χ3n) is 4.23. The van der Waals surface area contributed by atoms with Crippen molar-refractivity contribution < 1.29 is 0 Å².